The SMILES string of the molecule is Cc1ccc(C)c(C(=O)N2C[C@@H]3COC[C@H](C2)N(C(=O)C2=NNC(=O)CC2)C3)c1. The average Bonchev–Trinajstić information content (AvgIpc) is 3.00. The molecule has 8 nitrogen and oxygen atoms in total. The van der Waals surface area contributed by atoms with Crippen molar-refractivity contribution >= 4 is 23.4 Å². The molecule has 1 aromatic carbocycles. The van der Waals surface area contributed by atoms with E-state index in [0.717, 1.165) is 11.1 Å². The summed E-state index contributed by atoms with van der Waals surface area (Å²) in [4.78, 5) is 41.3. The van der Waals surface area contributed by atoms with Gasteiger partial charge in [0.1, 0.15) is 5.71 Å². The summed E-state index contributed by atoms with van der Waals surface area (Å²) in [6.45, 7) is 6.32. The van der Waals surface area contributed by atoms with Crippen LogP contribution >= 0.6 is 0 Å². The van der Waals surface area contributed by atoms with Gasteiger partial charge in [-0.1, -0.05) is 17.7 Å². The number of carbonyl (C=O) groups excluding carboxylic acids is 3. The summed E-state index contributed by atoms with van der Waals surface area (Å²) in [7, 11) is 0. The van der Waals surface area contributed by atoms with Gasteiger partial charge >= 0.3 is 0 Å². The minimum absolute atomic E-state index is 0.000306. The lowest BCUT2D eigenvalue weighted by Gasteiger charge is -2.32. The molecule has 2 atom stereocenters. The maximum atomic E-state index is 13.3. The number of nitrogens with one attached hydrogen (secondary N) is 1. The largest absolute Gasteiger partial charge is 0.379 e. The first-order chi connectivity index (χ1) is 13.9. The molecule has 2 fully saturated rings. The lowest BCUT2D eigenvalue weighted by molar-refractivity contribution is -0.127. The fraction of sp³-hybridized carbons (Fsp3) is 0.524. The van der Waals surface area contributed by atoms with Crippen molar-refractivity contribution in [3.05, 3.63) is 34.9 Å². The second kappa shape index (κ2) is 7.94. The van der Waals surface area contributed by atoms with Gasteiger partial charge in [0.15, 0.2) is 0 Å². The lowest BCUT2D eigenvalue weighted by Crippen LogP contribution is -2.50. The topological polar surface area (TPSA) is 91.3 Å². The number of hydrogen-bond donors (Lipinski definition) is 1. The summed E-state index contributed by atoms with van der Waals surface area (Å²) in [6, 6.07) is 5.66. The van der Waals surface area contributed by atoms with E-state index in [4.69, 9.17) is 4.74 Å². The molecule has 3 aliphatic heterocycles. The van der Waals surface area contributed by atoms with Crippen molar-refractivity contribution in [3.8, 4) is 0 Å². The molecule has 3 aliphatic rings. The molecule has 0 unspecified atom stereocenters. The minimum atomic E-state index is -0.232. The Morgan fingerprint density at radius 3 is 2.69 bits per heavy atom. The molecule has 154 valence electrons. The van der Waals surface area contributed by atoms with Crippen molar-refractivity contribution in [1.29, 1.82) is 0 Å². The van der Waals surface area contributed by atoms with E-state index in [-0.39, 0.29) is 36.1 Å². The predicted octanol–water partition coefficient (Wildman–Crippen LogP) is 0.869. The number of nitrogens with zero attached hydrogens (tertiary/aromatic N) is 3. The fourth-order valence-electron chi connectivity index (χ4n) is 4.19. The first-order valence-electron chi connectivity index (χ1n) is 10.0. The number of amides is 3. The molecule has 2 bridgehead atoms. The standard InChI is InChI=1S/C21H26N4O4/c1-13-3-4-14(2)17(7-13)20(27)24-8-15-9-25(16(10-24)12-29-11-15)21(28)18-5-6-19(26)23-22-18/h3-4,7,15-16H,5-6,8-12H2,1-2H3,(H,23,26)/t15-,16-/m0/s1. The Labute approximate surface area is 169 Å². The molecule has 1 aromatic rings. The fourth-order valence-corrected chi connectivity index (χ4v) is 4.19. The first-order valence-corrected chi connectivity index (χ1v) is 10.0. The molecule has 29 heavy (non-hydrogen) atoms. The van der Waals surface area contributed by atoms with Gasteiger partial charge in [0.2, 0.25) is 5.91 Å². The quantitative estimate of drug-likeness (QED) is 0.800. The van der Waals surface area contributed by atoms with Crippen LogP contribution in [0, 0.1) is 19.8 Å². The number of hydrazone groups is 1. The zero-order valence-electron chi connectivity index (χ0n) is 16.8. The molecule has 3 amide bonds. The lowest BCUT2D eigenvalue weighted by atomic mass is 10.0. The zero-order valence-corrected chi connectivity index (χ0v) is 16.8. The summed E-state index contributed by atoms with van der Waals surface area (Å²) in [5.74, 6) is -0.310. The number of ether oxygens (including phenoxy) is 1. The molecule has 0 radical (unpaired) electrons. The number of benzene rings is 1. The Balaban J connectivity index is 1.57. The number of fused-ring (bicyclic) bond motifs is 3. The first kappa shape index (κ1) is 19.6. The highest BCUT2D eigenvalue weighted by molar-refractivity contribution is 6.39. The smallest absolute Gasteiger partial charge is 0.270 e. The Hall–Kier alpha value is -2.74. The summed E-state index contributed by atoms with van der Waals surface area (Å²) in [5.41, 5.74) is 5.47. The molecule has 8 heteroatoms. The van der Waals surface area contributed by atoms with Gasteiger partial charge in [-0.3, -0.25) is 14.4 Å². The van der Waals surface area contributed by atoms with Crippen LogP contribution in [0.3, 0.4) is 0 Å². The van der Waals surface area contributed by atoms with Gasteiger partial charge in [0, 0.05) is 44.0 Å². The maximum Gasteiger partial charge on any atom is 0.270 e. The van der Waals surface area contributed by atoms with Crippen LogP contribution in [0.1, 0.15) is 34.3 Å². The van der Waals surface area contributed by atoms with Crippen LogP contribution in [0.5, 0.6) is 0 Å². The van der Waals surface area contributed by atoms with Gasteiger partial charge in [-0.25, -0.2) is 5.43 Å². The van der Waals surface area contributed by atoms with E-state index < -0.39 is 0 Å². The second-order valence-corrected chi connectivity index (χ2v) is 8.14. The third-order valence-electron chi connectivity index (χ3n) is 5.79. The van der Waals surface area contributed by atoms with Gasteiger partial charge in [-0.2, -0.15) is 5.10 Å². The van der Waals surface area contributed by atoms with Gasteiger partial charge in [0.05, 0.1) is 19.3 Å². The number of rotatable bonds is 2. The molecule has 4 rings (SSSR count). The van der Waals surface area contributed by atoms with Crippen LogP contribution in [-0.2, 0) is 14.3 Å². The Morgan fingerprint density at radius 2 is 1.93 bits per heavy atom. The molecule has 0 spiro atoms. The normalized spacial score (nSPS) is 24.5. The van der Waals surface area contributed by atoms with Crippen molar-refractivity contribution < 1.29 is 19.1 Å². The summed E-state index contributed by atoms with van der Waals surface area (Å²) in [5, 5.41) is 3.96. The van der Waals surface area contributed by atoms with Gasteiger partial charge < -0.3 is 14.5 Å². The van der Waals surface area contributed by atoms with E-state index in [1.54, 1.807) is 4.90 Å². The molecule has 0 saturated carbocycles. The number of aryl methyl sites for hydroxylation is 2. The van der Waals surface area contributed by atoms with Crippen LogP contribution < -0.4 is 5.43 Å². The van der Waals surface area contributed by atoms with Crippen molar-refractivity contribution in [1.82, 2.24) is 15.2 Å². The van der Waals surface area contributed by atoms with Crippen molar-refractivity contribution in [2.45, 2.75) is 32.7 Å². The Bertz CT molecular complexity index is 881. The van der Waals surface area contributed by atoms with Crippen molar-refractivity contribution in [2.24, 2.45) is 11.0 Å². The summed E-state index contributed by atoms with van der Waals surface area (Å²) >= 11 is 0. The van der Waals surface area contributed by atoms with E-state index in [9.17, 15) is 14.4 Å². The van der Waals surface area contributed by atoms with Crippen LogP contribution in [-0.4, -0.2) is 72.1 Å². The molecular weight excluding hydrogens is 372 g/mol. The number of hydrogen-bond acceptors (Lipinski definition) is 5. The maximum absolute atomic E-state index is 13.3. The van der Waals surface area contributed by atoms with Gasteiger partial charge in [-0.05, 0) is 25.5 Å². The molecule has 2 saturated heterocycles. The highest BCUT2D eigenvalue weighted by Gasteiger charge is 2.39. The number of carbonyl (C=O) groups is 3. The van der Waals surface area contributed by atoms with E-state index in [2.05, 4.69) is 10.5 Å². The third-order valence-corrected chi connectivity index (χ3v) is 5.79. The van der Waals surface area contributed by atoms with Crippen molar-refractivity contribution in [2.75, 3.05) is 32.8 Å². The molecule has 3 heterocycles. The minimum Gasteiger partial charge on any atom is -0.379 e. The van der Waals surface area contributed by atoms with Gasteiger partial charge in [-0.15, -0.1) is 0 Å². The second-order valence-electron chi connectivity index (χ2n) is 8.14. The highest BCUT2D eigenvalue weighted by Crippen LogP contribution is 2.23. The summed E-state index contributed by atoms with van der Waals surface area (Å²) < 4.78 is 5.78. The van der Waals surface area contributed by atoms with Crippen LogP contribution in [0.15, 0.2) is 23.3 Å². The Kier molecular flexibility index (Phi) is 5.36. The monoisotopic (exact) mass is 398 g/mol. The van der Waals surface area contributed by atoms with Gasteiger partial charge in [0.25, 0.3) is 11.8 Å². The zero-order chi connectivity index (χ0) is 20.5. The highest BCUT2D eigenvalue weighted by atomic mass is 16.5. The average molecular weight is 398 g/mol. The van der Waals surface area contributed by atoms with Crippen LogP contribution in [0.25, 0.3) is 0 Å². The molecule has 0 aromatic heterocycles. The molecule has 0 aliphatic carbocycles. The van der Waals surface area contributed by atoms with E-state index >= 15 is 0 Å². The van der Waals surface area contributed by atoms with E-state index in [1.807, 2.05) is 36.9 Å². The molecular formula is C21H26N4O4. The Morgan fingerprint density at radius 1 is 1.10 bits per heavy atom. The predicted molar refractivity (Wildman–Crippen MR) is 106 cm³/mol. The summed E-state index contributed by atoms with van der Waals surface area (Å²) in [6.07, 6.45) is 0.602. The van der Waals surface area contributed by atoms with Crippen molar-refractivity contribution in [3.63, 3.8) is 0 Å². The van der Waals surface area contributed by atoms with E-state index in [1.165, 1.54) is 0 Å². The third kappa shape index (κ3) is 4.03. The van der Waals surface area contributed by atoms with Crippen LogP contribution in [0.4, 0.5) is 0 Å². The molecule has 1 N–H and O–H groups in total. The van der Waals surface area contributed by atoms with Crippen LogP contribution in [0.2, 0.25) is 0 Å². The van der Waals surface area contributed by atoms with E-state index in [0.29, 0.717) is 50.5 Å².